The van der Waals surface area contributed by atoms with E-state index in [2.05, 4.69) is 5.32 Å². The molecule has 28 heavy (non-hydrogen) atoms. The number of fused-ring (bicyclic) bond motifs is 1. The molecule has 5 nitrogen and oxygen atoms in total. The summed E-state index contributed by atoms with van der Waals surface area (Å²) in [5.41, 5.74) is 1.36. The van der Waals surface area contributed by atoms with E-state index in [4.69, 9.17) is 0 Å². The van der Waals surface area contributed by atoms with Gasteiger partial charge in [-0.2, -0.15) is 0 Å². The summed E-state index contributed by atoms with van der Waals surface area (Å²) in [6.45, 7) is 0.209. The van der Waals surface area contributed by atoms with Crippen LogP contribution in [0.15, 0.2) is 52.9 Å². The third kappa shape index (κ3) is 3.73. The second kappa shape index (κ2) is 8.09. The third-order valence-corrected chi connectivity index (χ3v) is 8.05. The van der Waals surface area contributed by atoms with Crippen molar-refractivity contribution in [2.24, 2.45) is 0 Å². The van der Waals surface area contributed by atoms with Crippen LogP contribution >= 0.6 is 11.3 Å². The first-order valence-corrected chi connectivity index (χ1v) is 12.0. The van der Waals surface area contributed by atoms with Gasteiger partial charge in [-0.05, 0) is 29.9 Å². The monoisotopic (exact) mass is 416 g/mol. The van der Waals surface area contributed by atoms with Crippen molar-refractivity contribution >= 4 is 32.8 Å². The van der Waals surface area contributed by atoms with Gasteiger partial charge in [0.2, 0.25) is 5.78 Å². The van der Waals surface area contributed by atoms with Crippen LogP contribution in [0.3, 0.4) is 0 Å². The number of anilines is 1. The molecule has 0 unspecified atom stereocenters. The molecule has 0 radical (unpaired) electrons. The molecule has 0 bridgehead atoms. The van der Waals surface area contributed by atoms with Crippen molar-refractivity contribution in [2.75, 3.05) is 4.31 Å². The lowest BCUT2D eigenvalue weighted by molar-refractivity contribution is 0.104. The molecule has 0 atom stereocenters. The number of Topliss-reactive ketones (excluding diaryl/α,β-unsaturated/α-hetero) is 1. The normalized spacial score (nSPS) is 21.4. The quantitative estimate of drug-likeness (QED) is 0.591. The predicted octanol–water partition coefficient (Wildman–Crippen LogP) is 4.43. The zero-order valence-corrected chi connectivity index (χ0v) is 17.3. The summed E-state index contributed by atoms with van der Waals surface area (Å²) in [5, 5.41) is 5.02. The molecule has 0 spiro atoms. The van der Waals surface area contributed by atoms with Gasteiger partial charge in [-0.3, -0.25) is 9.10 Å². The molecule has 0 saturated heterocycles. The molecule has 2 heterocycles. The molecule has 1 aliphatic heterocycles. The van der Waals surface area contributed by atoms with E-state index in [1.807, 2.05) is 30.3 Å². The molecule has 1 fully saturated rings. The Morgan fingerprint density at radius 2 is 1.79 bits per heavy atom. The highest BCUT2D eigenvalue weighted by atomic mass is 32.2. The number of benzene rings is 1. The fraction of sp³-hybridized carbons (Fsp3) is 0.381. The first kappa shape index (κ1) is 19.2. The minimum absolute atomic E-state index is 0.150. The zero-order valence-electron chi connectivity index (χ0n) is 15.6. The highest BCUT2D eigenvalue weighted by molar-refractivity contribution is 7.97. The second-order valence-electron chi connectivity index (χ2n) is 7.33. The van der Waals surface area contributed by atoms with Gasteiger partial charge in [-0.25, -0.2) is 8.42 Å². The molecule has 1 aromatic carbocycles. The maximum Gasteiger partial charge on any atom is 0.270 e. The average Bonchev–Trinajstić information content (AvgIpc) is 3.03. The lowest BCUT2D eigenvalue weighted by atomic mass is 10.1. The van der Waals surface area contributed by atoms with E-state index in [0.717, 1.165) is 31.2 Å². The van der Waals surface area contributed by atoms with Crippen molar-refractivity contribution in [3.8, 4) is 0 Å². The molecule has 2 aliphatic rings. The molecular weight excluding hydrogens is 392 g/mol. The Balaban J connectivity index is 1.67. The van der Waals surface area contributed by atoms with Crippen molar-refractivity contribution < 1.29 is 13.2 Å². The number of sulfonamides is 1. The number of nitrogens with one attached hydrogen (secondary N) is 1. The van der Waals surface area contributed by atoms with E-state index >= 15 is 0 Å². The van der Waals surface area contributed by atoms with Crippen LogP contribution in [0, 0.1) is 0 Å². The predicted molar refractivity (Wildman–Crippen MR) is 113 cm³/mol. The van der Waals surface area contributed by atoms with Gasteiger partial charge >= 0.3 is 0 Å². The highest BCUT2D eigenvalue weighted by Gasteiger charge is 2.41. The molecule has 148 valence electrons. The number of thiophene rings is 1. The van der Waals surface area contributed by atoms with Gasteiger partial charge in [0.15, 0.2) is 4.91 Å². The molecule has 1 saturated carbocycles. The Kier molecular flexibility index (Phi) is 5.55. The van der Waals surface area contributed by atoms with E-state index < -0.39 is 15.8 Å². The Morgan fingerprint density at radius 1 is 1.07 bits per heavy atom. The van der Waals surface area contributed by atoms with Crippen molar-refractivity contribution in [3.05, 3.63) is 63.3 Å². The standard InChI is InChI=1S/C21H24N2O3S2/c24-20-19(14-22-17-10-6-1-2-7-11-17)28(25,26)23(18-12-13-27-21(18)20)15-16-8-4-3-5-9-16/h3-5,8-9,12-14,17,22H,1-2,6-7,10-11,15H2. The van der Waals surface area contributed by atoms with Crippen LogP contribution < -0.4 is 9.62 Å². The number of ketones is 1. The number of hydrogen-bond donors (Lipinski definition) is 1. The van der Waals surface area contributed by atoms with Gasteiger partial charge in [0.05, 0.1) is 12.2 Å². The second-order valence-corrected chi connectivity index (χ2v) is 10.1. The van der Waals surface area contributed by atoms with E-state index in [-0.39, 0.29) is 17.5 Å². The average molecular weight is 417 g/mol. The summed E-state index contributed by atoms with van der Waals surface area (Å²) >= 11 is 1.29. The van der Waals surface area contributed by atoms with Crippen molar-refractivity contribution in [1.29, 1.82) is 0 Å². The van der Waals surface area contributed by atoms with Crippen molar-refractivity contribution in [1.82, 2.24) is 5.32 Å². The SMILES string of the molecule is O=C1C(=CNC2CCCCCC2)S(=O)(=O)N(Cc2ccccc2)c2ccsc21. The summed E-state index contributed by atoms with van der Waals surface area (Å²) in [6, 6.07) is 11.4. The largest absolute Gasteiger partial charge is 0.387 e. The van der Waals surface area contributed by atoms with E-state index in [9.17, 15) is 13.2 Å². The Labute approximate surface area is 170 Å². The first-order valence-electron chi connectivity index (χ1n) is 9.72. The number of rotatable bonds is 4. The summed E-state index contributed by atoms with van der Waals surface area (Å²) in [5.74, 6) is -0.407. The van der Waals surface area contributed by atoms with E-state index in [1.165, 1.54) is 34.7 Å². The Bertz CT molecular complexity index is 972. The van der Waals surface area contributed by atoms with Crippen LogP contribution in [0.4, 0.5) is 5.69 Å². The minimum atomic E-state index is -3.92. The summed E-state index contributed by atoms with van der Waals surface area (Å²) in [4.78, 5) is 13.3. The fourth-order valence-electron chi connectivity index (χ4n) is 3.85. The van der Waals surface area contributed by atoms with Gasteiger partial charge < -0.3 is 5.32 Å². The van der Waals surface area contributed by atoms with Gasteiger partial charge in [0, 0.05) is 12.2 Å². The fourth-order valence-corrected chi connectivity index (χ4v) is 6.34. The molecule has 1 N–H and O–H groups in total. The summed E-state index contributed by atoms with van der Waals surface area (Å²) < 4.78 is 28.0. The lowest BCUT2D eigenvalue weighted by Gasteiger charge is -2.29. The number of carbonyl (C=O) groups excluding carboxylic acids is 1. The van der Waals surface area contributed by atoms with Crippen LogP contribution in [-0.4, -0.2) is 20.2 Å². The van der Waals surface area contributed by atoms with Gasteiger partial charge in [-0.1, -0.05) is 56.0 Å². The Morgan fingerprint density at radius 3 is 2.50 bits per heavy atom. The molecule has 1 aliphatic carbocycles. The maximum absolute atomic E-state index is 13.3. The minimum Gasteiger partial charge on any atom is -0.387 e. The van der Waals surface area contributed by atoms with Gasteiger partial charge in [0.1, 0.15) is 4.88 Å². The van der Waals surface area contributed by atoms with Crippen LogP contribution in [0.5, 0.6) is 0 Å². The Hall–Kier alpha value is -2.12. The number of hydrogen-bond acceptors (Lipinski definition) is 5. The first-order chi connectivity index (χ1) is 13.6. The van der Waals surface area contributed by atoms with Gasteiger partial charge in [-0.15, -0.1) is 11.3 Å². The summed E-state index contributed by atoms with van der Waals surface area (Å²) in [6.07, 6.45) is 8.18. The van der Waals surface area contributed by atoms with Gasteiger partial charge in [0.25, 0.3) is 10.0 Å². The maximum atomic E-state index is 13.3. The molecule has 1 aromatic heterocycles. The number of nitrogens with zero attached hydrogens (tertiary/aromatic N) is 1. The smallest absolute Gasteiger partial charge is 0.270 e. The molecule has 7 heteroatoms. The molecular formula is C21H24N2O3S2. The van der Waals surface area contributed by atoms with Crippen molar-refractivity contribution in [3.63, 3.8) is 0 Å². The van der Waals surface area contributed by atoms with Crippen LogP contribution in [-0.2, 0) is 16.6 Å². The van der Waals surface area contributed by atoms with Crippen LogP contribution in [0.2, 0.25) is 0 Å². The number of carbonyl (C=O) groups is 1. The number of allylic oxidation sites excluding steroid dienone is 1. The van der Waals surface area contributed by atoms with Crippen LogP contribution in [0.25, 0.3) is 0 Å². The zero-order chi connectivity index (χ0) is 19.6. The topological polar surface area (TPSA) is 66.5 Å². The molecule has 4 rings (SSSR count). The third-order valence-electron chi connectivity index (χ3n) is 5.39. The van der Waals surface area contributed by atoms with E-state index in [0.29, 0.717) is 10.6 Å². The van der Waals surface area contributed by atoms with Crippen LogP contribution in [0.1, 0.15) is 53.8 Å². The summed E-state index contributed by atoms with van der Waals surface area (Å²) in [7, 11) is -3.92. The van der Waals surface area contributed by atoms with E-state index in [1.54, 1.807) is 11.4 Å². The molecule has 2 aromatic rings. The molecule has 0 amide bonds. The lowest BCUT2D eigenvalue weighted by Crippen LogP contribution is -2.39. The van der Waals surface area contributed by atoms with Crippen molar-refractivity contribution in [2.45, 2.75) is 51.1 Å². The highest BCUT2D eigenvalue weighted by Crippen LogP contribution is 2.39.